The molecule has 1 aromatic heterocycles. The number of hydrogen-bond acceptors (Lipinski definition) is 5. The standard InChI is InChI=1S/C25H20Cl2F4N2O3S/c26-14-1-2-17(27)13(7-14)8-19(34)33-5-3-12(4-6-33)24-32-18(11-37-24)25-35-9-15-16(10-36-25)21(29)23(31)22(30)20(15)28/h1-2,7,11-12,25H,3-6,8-10H2. The van der Waals surface area contributed by atoms with E-state index in [0.29, 0.717) is 47.2 Å². The van der Waals surface area contributed by atoms with Crippen LogP contribution in [-0.4, -0.2) is 28.9 Å². The fraction of sp³-hybridized carbons (Fsp3) is 0.360. The summed E-state index contributed by atoms with van der Waals surface area (Å²) in [6, 6.07) is 5.03. The normalized spacial score (nSPS) is 17.1. The van der Waals surface area contributed by atoms with E-state index in [2.05, 4.69) is 4.98 Å². The number of halogens is 6. The van der Waals surface area contributed by atoms with Crippen LogP contribution in [0.4, 0.5) is 17.6 Å². The van der Waals surface area contributed by atoms with E-state index in [0.717, 1.165) is 5.01 Å². The number of carbonyl (C=O) groups is 1. The largest absolute Gasteiger partial charge is 0.342 e. The number of fused-ring (bicyclic) bond motifs is 1. The molecule has 3 heterocycles. The van der Waals surface area contributed by atoms with Crippen molar-refractivity contribution in [1.82, 2.24) is 9.88 Å². The number of piperidine rings is 1. The van der Waals surface area contributed by atoms with Crippen LogP contribution < -0.4 is 0 Å². The zero-order chi connectivity index (χ0) is 26.3. The van der Waals surface area contributed by atoms with Crippen molar-refractivity contribution in [3.63, 3.8) is 0 Å². The third-order valence-corrected chi connectivity index (χ3v) is 8.19. The monoisotopic (exact) mass is 574 g/mol. The fourth-order valence-corrected chi connectivity index (χ4v) is 5.86. The highest BCUT2D eigenvalue weighted by atomic mass is 35.5. The van der Waals surface area contributed by atoms with Gasteiger partial charge in [-0.2, -0.15) is 0 Å². The van der Waals surface area contributed by atoms with Crippen LogP contribution in [0.15, 0.2) is 23.6 Å². The average molecular weight is 575 g/mol. The summed E-state index contributed by atoms with van der Waals surface area (Å²) in [7, 11) is 0. The Morgan fingerprint density at radius 3 is 2.24 bits per heavy atom. The van der Waals surface area contributed by atoms with Gasteiger partial charge in [-0.3, -0.25) is 4.79 Å². The van der Waals surface area contributed by atoms with E-state index in [1.54, 1.807) is 28.5 Å². The molecule has 0 unspecified atom stereocenters. The van der Waals surface area contributed by atoms with Crippen molar-refractivity contribution < 1.29 is 31.8 Å². The highest BCUT2D eigenvalue weighted by Crippen LogP contribution is 2.36. The van der Waals surface area contributed by atoms with Gasteiger partial charge in [0.25, 0.3) is 0 Å². The zero-order valence-corrected chi connectivity index (χ0v) is 21.5. The summed E-state index contributed by atoms with van der Waals surface area (Å²) in [5.41, 5.74) is 0.265. The van der Waals surface area contributed by atoms with Crippen molar-refractivity contribution in [2.75, 3.05) is 13.1 Å². The summed E-state index contributed by atoms with van der Waals surface area (Å²) >= 11 is 13.6. The minimum Gasteiger partial charge on any atom is -0.342 e. The predicted molar refractivity (Wildman–Crippen MR) is 129 cm³/mol. The van der Waals surface area contributed by atoms with Crippen molar-refractivity contribution in [2.45, 2.75) is 44.7 Å². The zero-order valence-electron chi connectivity index (χ0n) is 19.2. The molecule has 0 radical (unpaired) electrons. The van der Waals surface area contributed by atoms with Gasteiger partial charge in [0.1, 0.15) is 5.69 Å². The molecule has 0 N–H and O–H groups in total. The summed E-state index contributed by atoms with van der Waals surface area (Å²) < 4.78 is 66.6. The Bertz CT molecular complexity index is 1310. The predicted octanol–water partition coefficient (Wildman–Crippen LogP) is 6.70. The molecule has 0 saturated carbocycles. The summed E-state index contributed by atoms with van der Waals surface area (Å²) in [5, 5.41) is 3.56. The molecule has 2 aliphatic rings. The summed E-state index contributed by atoms with van der Waals surface area (Å²) in [6.45, 7) is 0.115. The summed E-state index contributed by atoms with van der Waals surface area (Å²) in [5.74, 6) is -6.66. The number of thiazole rings is 1. The molecule has 0 spiro atoms. The van der Waals surface area contributed by atoms with Gasteiger partial charge in [0, 0.05) is 45.6 Å². The van der Waals surface area contributed by atoms with Gasteiger partial charge in [-0.05, 0) is 36.6 Å². The van der Waals surface area contributed by atoms with E-state index in [1.165, 1.54) is 11.3 Å². The molecule has 5 rings (SSSR count). The Morgan fingerprint density at radius 2 is 1.62 bits per heavy atom. The molecule has 1 fully saturated rings. The first-order chi connectivity index (χ1) is 17.7. The van der Waals surface area contributed by atoms with Gasteiger partial charge in [0.2, 0.25) is 12.2 Å². The van der Waals surface area contributed by atoms with Gasteiger partial charge >= 0.3 is 0 Å². The van der Waals surface area contributed by atoms with Crippen molar-refractivity contribution in [3.8, 4) is 0 Å². The third-order valence-electron chi connectivity index (χ3n) is 6.56. The van der Waals surface area contributed by atoms with Crippen LogP contribution >= 0.6 is 34.5 Å². The number of likely N-dealkylation sites (tertiary alicyclic amines) is 1. The number of rotatable bonds is 4. The van der Waals surface area contributed by atoms with Crippen LogP contribution in [0.1, 0.15) is 52.4 Å². The fourth-order valence-electron chi connectivity index (χ4n) is 4.49. The molecule has 0 atom stereocenters. The summed E-state index contributed by atoms with van der Waals surface area (Å²) in [4.78, 5) is 19.2. The highest BCUT2D eigenvalue weighted by molar-refractivity contribution is 7.09. The average Bonchev–Trinajstić information content (AvgIpc) is 3.28. The van der Waals surface area contributed by atoms with E-state index >= 15 is 0 Å². The SMILES string of the molecule is O=C(Cc1cc(Cl)ccc1Cl)N1CCC(c2nc(C3OCc4c(F)c(F)c(F)c(F)c4CO3)cs2)CC1. The number of nitrogens with zero attached hydrogens (tertiary/aromatic N) is 2. The Morgan fingerprint density at radius 1 is 1.00 bits per heavy atom. The molecule has 1 saturated heterocycles. The second kappa shape index (κ2) is 10.9. The summed E-state index contributed by atoms with van der Waals surface area (Å²) in [6.07, 6.45) is 0.523. The number of hydrogen-bond donors (Lipinski definition) is 0. The van der Waals surface area contributed by atoms with Crippen LogP contribution in [-0.2, 0) is 33.9 Å². The molecule has 5 nitrogen and oxygen atoms in total. The Kier molecular flexibility index (Phi) is 7.74. The molecule has 0 bridgehead atoms. The number of amides is 1. The van der Waals surface area contributed by atoms with Crippen molar-refractivity contribution in [2.24, 2.45) is 0 Å². The highest BCUT2D eigenvalue weighted by Gasteiger charge is 2.31. The second-order valence-corrected chi connectivity index (χ2v) is 10.6. The lowest BCUT2D eigenvalue weighted by molar-refractivity contribution is -0.155. The van der Waals surface area contributed by atoms with Crippen LogP contribution in [0.25, 0.3) is 0 Å². The van der Waals surface area contributed by atoms with Crippen molar-refractivity contribution >= 4 is 40.4 Å². The van der Waals surface area contributed by atoms with Crippen LogP contribution in [0.5, 0.6) is 0 Å². The first-order valence-corrected chi connectivity index (χ1v) is 13.1. The molecule has 0 aliphatic carbocycles. The Labute approximate surface area is 223 Å². The minimum atomic E-state index is -1.88. The minimum absolute atomic E-state index is 0.0328. The third kappa shape index (κ3) is 5.35. The number of carbonyl (C=O) groups excluding carboxylic acids is 1. The van der Waals surface area contributed by atoms with Gasteiger partial charge in [-0.15, -0.1) is 11.3 Å². The molecule has 12 heteroatoms. The van der Waals surface area contributed by atoms with Gasteiger partial charge in [-0.25, -0.2) is 22.5 Å². The Balaban J connectivity index is 1.20. The van der Waals surface area contributed by atoms with E-state index in [1.807, 2.05) is 0 Å². The van der Waals surface area contributed by atoms with Crippen LogP contribution in [0, 0.1) is 23.3 Å². The molecular formula is C25H20Cl2F4N2O3S. The number of aromatic nitrogens is 1. The van der Waals surface area contributed by atoms with E-state index in [9.17, 15) is 22.4 Å². The lowest BCUT2D eigenvalue weighted by Crippen LogP contribution is -2.38. The van der Waals surface area contributed by atoms with E-state index < -0.39 is 53.9 Å². The lowest BCUT2D eigenvalue weighted by Gasteiger charge is -2.31. The molecule has 1 amide bonds. The lowest BCUT2D eigenvalue weighted by atomic mass is 9.97. The van der Waals surface area contributed by atoms with E-state index in [4.69, 9.17) is 32.7 Å². The van der Waals surface area contributed by atoms with Gasteiger partial charge in [-0.1, -0.05) is 23.2 Å². The quantitative estimate of drug-likeness (QED) is 0.198. The van der Waals surface area contributed by atoms with Gasteiger partial charge in [0.15, 0.2) is 23.3 Å². The molecular weight excluding hydrogens is 555 g/mol. The maximum atomic E-state index is 14.2. The topological polar surface area (TPSA) is 51.7 Å². The van der Waals surface area contributed by atoms with Gasteiger partial charge in [0.05, 0.1) is 24.6 Å². The number of benzene rings is 2. The van der Waals surface area contributed by atoms with Crippen LogP contribution in [0.3, 0.4) is 0 Å². The maximum Gasteiger partial charge on any atom is 0.227 e. The van der Waals surface area contributed by atoms with E-state index in [-0.39, 0.29) is 18.2 Å². The van der Waals surface area contributed by atoms with Gasteiger partial charge < -0.3 is 14.4 Å². The number of ether oxygens (including phenoxy) is 2. The smallest absolute Gasteiger partial charge is 0.227 e. The first-order valence-electron chi connectivity index (χ1n) is 11.5. The molecule has 2 aliphatic heterocycles. The van der Waals surface area contributed by atoms with Crippen molar-refractivity contribution in [3.05, 3.63) is 84.3 Å². The van der Waals surface area contributed by atoms with Crippen molar-refractivity contribution in [1.29, 1.82) is 0 Å². The molecule has 196 valence electrons. The molecule has 2 aromatic carbocycles. The second-order valence-electron chi connectivity index (χ2n) is 8.85. The Hall–Kier alpha value is -2.24. The first kappa shape index (κ1) is 26.4. The molecule has 37 heavy (non-hydrogen) atoms. The maximum absolute atomic E-state index is 14.2. The molecule has 3 aromatic rings. The van der Waals surface area contributed by atoms with Crippen LogP contribution in [0.2, 0.25) is 10.0 Å².